The highest BCUT2D eigenvalue weighted by atomic mass is 16.5. The SMILES string of the molecule is C[C@@H]1CN(c2ccc(C(=O)N(C)[C@@H]3CCCc4ccccc43)cn2)C[C@H](C)O1. The smallest absolute Gasteiger partial charge is 0.255 e. The van der Waals surface area contributed by atoms with E-state index in [1.807, 2.05) is 24.1 Å². The summed E-state index contributed by atoms with van der Waals surface area (Å²) < 4.78 is 5.80. The van der Waals surface area contributed by atoms with Crippen LogP contribution in [0.15, 0.2) is 42.6 Å². The minimum absolute atomic E-state index is 0.0319. The normalized spacial score (nSPS) is 24.5. The molecule has 1 aliphatic heterocycles. The molecule has 2 aliphatic rings. The molecule has 1 aliphatic carbocycles. The van der Waals surface area contributed by atoms with Gasteiger partial charge in [0.15, 0.2) is 0 Å². The fourth-order valence-electron chi connectivity index (χ4n) is 4.54. The topological polar surface area (TPSA) is 45.7 Å². The molecular formula is C23H29N3O2. The van der Waals surface area contributed by atoms with Gasteiger partial charge in [-0.2, -0.15) is 0 Å². The third kappa shape index (κ3) is 3.76. The summed E-state index contributed by atoms with van der Waals surface area (Å²) in [7, 11) is 1.91. The van der Waals surface area contributed by atoms with Crippen LogP contribution in [0.25, 0.3) is 0 Å². The van der Waals surface area contributed by atoms with Crippen molar-refractivity contribution in [3.63, 3.8) is 0 Å². The van der Waals surface area contributed by atoms with E-state index in [1.54, 1.807) is 6.20 Å². The first kappa shape index (κ1) is 18.9. The summed E-state index contributed by atoms with van der Waals surface area (Å²) in [4.78, 5) is 21.8. The first-order valence-electron chi connectivity index (χ1n) is 10.2. The quantitative estimate of drug-likeness (QED) is 0.813. The highest BCUT2D eigenvalue weighted by Crippen LogP contribution is 2.34. The lowest BCUT2D eigenvalue weighted by molar-refractivity contribution is -0.00546. The Morgan fingerprint density at radius 1 is 1.14 bits per heavy atom. The Balaban J connectivity index is 1.49. The Kier molecular flexibility index (Phi) is 5.36. The van der Waals surface area contributed by atoms with Crippen LogP contribution in [0.2, 0.25) is 0 Å². The first-order chi connectivity index (χ1) is 13.5. The van der Waals surface area contributed by atoms with Crippen molar-refractivity contribution in [2.24, 2.45) is 0 Å². The number of amides is 1. The molecule has 0 radical (unpaired) electrons. The van der Waals surface area contributed by atoms with Gasteiger partial charge in [0.2, 0.25) is 0 Å². The van der Waals surface area contributed by atoms with E-state index in [1.165, 1.54) is 11.1 Å². The van der Waals surface area contributed by atoms with Crippen LogP contribution in [-0.2, 0) is 11.2 Å². The van der Waals surface area contributed by atoms with Crippen molar-refractivity contribution in [2.75, 3.05) is 25.0 Å². The lowest BCUT2D eigenvalue weighted by Crippen LogP contribution is -2.45. The number of fused-ring (bicyclic) bond motifs is 1. The summed E-state index contributed by atoms with van der Waals surface area (Å²) in [6.07, 6.45) is 5.31. The number of carbonyl (C=O) groups is 1. The largest absolute Gasteiger partial charge is 0.372 e. The highest BCUT2D eigenvalue weighted by Gasteiger charge is 2.28. The standard InChI is InChI=1S/C23H29N3O2/c1-16-14-26(15-17(2)28-16)22-12-11-19(13-24-22)23(27)25(3)21-10-6-8-18-7-4-5-9-20(18)21/h4-5,7,9,11-13,16-17,21H,6,8,10,14-15H2,1-3H3/t16-,17+,21-/m1/s1. The van der Waals surface area contributed by atoms with E-state index < -0.39 is 0 Å². The molecule has 3 atom stereocenters. The van der Waals surface area contributed by atoms with Gasteiger partial charge in [0.1, 0.15) is 5.82 Å². The van der Waals surface area contributed by atoms with Gasteiger partial charge in [-0.05, 0) is 56.4 Å². The van der Waals surface area contributed by atoms with E-state index in [-0.39, 0.29) is 24.2 Å². The molecule has 5 nitrogen and oxygen atoms in total. The van der Waals surface area contributed by atoms with Gasteiger partial charge in [-0.25, -0.2) is 4.98 Å². The molecule has 0 bridgehead atoms. The number of ether oxygens (including phenoxy) is 1. The summed E-state index contributed by atoms with van der Waals surface area (Å²) >= 11 is 0. The van der Waals surface area contributed by atoms with Crippen LogP contribution in [0.3, 0.4) is 0 Å². The van der Waals surface area contributed by atoms with Crippen molar-refractivity contribution in [3.8, 4) is 0 Å². The molecule has 1 saturated heterocycles. The molecule has 0 spiro atoms. The third-order valence-corrected chi connectivity index (χ3v) is 5.86. The summed E-state index contributed by atoms with van der Waals surface area (Å²) in [5.74, 6) is 0.939. The maximum Gasteiger partial charge on any atom is 0.255 e. The lowest BCUT2D eigenvalue weighted by atomic mass is 9.87. The maximum absolute atomic E-state index is 13.1. The van der Waals surface area contributed by atoms with E-state index in [2.05, 4.69) is 48.0 Å². The van der Waals surface area contributed by atoms with Crippen molar-refractivity contribution < 1.29 is 9.53 Å². The van der Waals surface area contributed by atoms with Crippen molar-refractivity contribution in [1.29, 1.82) is 0 Å². The second-order valence-corrected chi connectivity index (χ2v) is 8.09. The molecule has 0 N–H and O–H groups in total. The van der Waals surface area contributed by atoms with Crippen molar-refractivity contribution in [3.05, 3.63) is 59.3 Å². The predicted octanol–water partition coefficient (Wildman–Crippen LogP) is 3.84. The minimum atomic E-state index is 0.0319. The molecule has 2 heterocycles. The van der Waals surface area contributed by atoms with E-state index in [4.69, 9.17) is 4.74 Å². The van der Waals surface area contributed by atoms with Crippen molar-refractivity contribution >= 4 is 11.7 Å². The third-order valence-electron chi connectivity index (χ3n) is 5.86. The van der Waals surface area contributed by atoms with Crippen LogP contribution in [0.5, 0.6) is 0 Å². The van der Waals surface area contributed by atoms with Crippen LogP contribution >= 0.6 is 0 Å². The lowest BCUT2D eigenvalue weighted by Gasteiger charge is -2.36. The Morgan fingerprint density at radius 3 is 2.61 bits per heavy atom. The Hall–Kier alpha value is -2.40. The summed E-state index contributed by atoms with van der Waals surface area (Å²) in [5, 5.41) is 0. The molecule has 2 aromatic rings. The average molecular weight is 380 g/mol. The number of rotatable bonds is 3. The second-order valence-electron chi connectivity index (χ2n) is 8.09. The number of morpholine rings is 1. The summed E-state index contributed by atoms with van der Waals surface area (Å²) in [6.45, 7) is 5.81. The fraction of sp³-hybridized carbons (Fsp3) is 0.478. The zero-order valence-electron chi connectivity index (χ0n) is 17.0. The van der Waals surface area contributed by atoms with E-state index >= 15 is 0 Å². The van der Waals surface area contributed by atoms with Gasteiger partial charge < -0.3 is 14.5 Å². The second kappa shape index (κ2) is 7.92. The Bertz CT molecular complexity index is 826. The summed E-state index contributed by atoms with van der Waals surface area (Å²) in [6, 6.07) is 12.5. The number of hydrogen-bond donors (Lipinski definition) is 0. The molecule has 1 aromatic carbocycles. The van der Waals surface area contributed by atoms with Gasteiger partial charge in [0.05, 0.1) is 23.8 Å². The Morgan fingerprint density at radius 2 is 1.89 bits per heavy atom. The number of anilines is 1. The highest BCUT2D eigenvalue weighted by molar-refractivity contribution is 5.94. The average Bonchev–Trinajstić information content (AvgIpc) is 2.71. The van der Waals surface area contributed by atoms with Crippen molar-refractivity contribution in [2.45, 2.75) is 51.4 Å². The Labute approximate surface area is 167 Å². The van der Waals surface area contributed by atoms with E-state index in [0.717, 1.165) is 38.2 Å². The number of benzene rings is 1. The number of aromatic nitrogens is 1. The molecular weight excluding hydrogens is 350 g/mol. The van der Waals surface area contributed by atoms with Crippen LogP contribution in [0, 0.1) is 0 Å². The zero-order valence-corrected chi connectivity index (χ0v) is 17.0. The van der Waals surface area contributed by atoms with E-state index in [9.17, 15) is 4.79 Å². The van der Waals surface area contributed by atoms with Gasteiger partial charge in [0, 0.05) is 26.3 Å². The molecule has 148 valence electrons. The molecule has 5 heteroatoms. The van der Waals surface area contributed by atoms with Gasteiger partial charge in [0.25, 0.3) is 5.91 Å². The number of pyridine rings is 1. The van der Waals surface area contributed by atoms with E-state index in [0.29, 0.717) is 5.56 Å². The molecule has 4 rings (SSSR count). The molecule has 28 heavy (non-hydrogen) atoms. The molecule has 0 saturated carbocycles. The van der Waals surface area contributed by atoms with Gasteiger partial charge >= 0.3 is 0 Å². The monoisotopic (exact) mass is 379 g/mol. The molecule has 1 amide bonds. The van der Waals surface area contributed by atoms with Crippen LogP contribution in [0.4, 0.5) is 5.82 Å². The number of carbonyl (C=O) groups excluding carboxylic acids is 1. The van der Waals surface area contributed by atoms with Crippen LogP contribution in [0.1, 0.15) is 54.2 Å². The first-order valence-corrected chi connectivity index (χ1v) is 10.2. The molecule has 1 aromatic heterocycles. The minimum Gasteiger partial charge on any atom is -0.372 e. The maximum atomic E-state index is 13.1. The van der Waals surface area contributed by atoms with Gasteiger partial charge in [-0.15, -0.1) is 0 Å². The number of aryl methyl sites for hydroxylation is 1. The number of hydrogen-bond acceptors (Lipinski definition) is 4. The van der Waals surface area contributed by atoms with Gasteiger partial charge in [-0.1, -0.05) is 24.3 Å². The van der Waals surface area contributed by atoms with Gasteiger partial charge in [-0.3, -0.25) is 4.79 Å². The number of nitrogens with zero attached hydrogens (tertiary/aromatic N) is 3. The van der Waals surface area contributed by atoms with Crippen LogP contribution < -0.4 is 4.90 Å². The van der Waals surface area contributed by atoms with Crippen molar-refractivity contribution in [1.82, 2.24) is 9.88 Å². The predicted molar refractivity (Wildman–Crippen MR) is 111 cm³/mol. The van der Waals surface area contributed by atoms with Crippen LogP contribution in [-0.4, -0.2) is 48.1 Å². The molecule has 1 fully saturated rings. The molecule has 0 unspecified atom stereocenters. The fourth-order valence-corrected chi connectivity index (χ4v) is 4.54. The summed E-state index contributed by atoms with van der Waals surface area (Å²) in [5.41, 5.74) is 3.29. The zero-order chi connectivity index (χ0) is 19.7.